The first kappa shape index (κ1) is 40.4. The Morgan fingerprint density at radius 1 is 0.745 bits per heavy atom. The van der Waals surface area contributed by atoms with Crippen molar-refractivity contribution in [3.05, 3.63) is 83.9 Å². The number of carboxylic acid groups (broad SMARTS) is 1. The Labute approximate surface area is 313 Å². The van der Waals surface area contributed by atoms with Crippen LogP contribution in [0.5, 0.6) is 0 Å². The summed E-state index contributed by atoms with van der Waals surface area (Å²) >= 11 is 0. The number of esters is 2. The molecule has 0 saturated heterocycles. The van der Waals surface area contributed by atoms with Gasteiger partial charge >= 0.3 is 30.3 Å². The van der Waals surface area contributed by atoms with E-state index in [-0.39, 0.29) is 31.3 Å². The van der Waals surface area contributed by atoms with Crippen molar-refractivity contribution in [2.75, 3.05) is 14.2 Å². The van der Waals surface area contributed by atoms with Crippen molar-refractivity contribution in [1.82, 2.24) is 0 Å². The third kappa shape index (κ3) is 5.49. The number of carboxylic acids is 1. The summed E-state index contributed by atoms with van der Waals surface area (Å²) in [5, 5.41) is 10.7. The van der Waals surface area contributed by atoms with Crippen LogP contribution in [0.25, 0.3) is 0 Å². The van der Waals surface area contributed by atoms with Gasteiger partial charge in [0.1, 0.15) is 12.2 Å². The molecule has 4 aliphatic rings. The molecule has 55 heavy (non-hydrogen) atoms. The van der Waals surface area contributed by atoms with Crippen LogP contribution in [0.4, 0.5) is 26.3 Å². The van der Waals surface area contributed by atoms with E-state index in [1.165, 1.54) is 43.3 Å². The van der Waals surface area contributed by atoms with Crippen molar-refractivity contribution in [3.8, 4) is 0 Å². The Hall–Kier alpha value is -4.24. The lowest BCUT2D eigenvalue weighted by Gasteiger charge is -2.65. The number of alkyl halides is 6. The van der Waals surface area contributed by atoms with E-state index in [1.54, 1.807) is 6.92 Å². The SMILES string of the molecule is C=C1C(=O)[C@]23C[C@H]1CC[C@H]2[C@]1(C)[C@@H](OC(=O)[C@@](OC)(c2ccccc2)C(F)(F)F)CC[C@@](C)(C(=O)O)[C@H]1C[C@@H]3OC(=O)[C@@](OC)(c1ccccc1)C(F)(F)F. The molecule has 10 atom stereocenters. The van der Waals surface area contributed by atoms with Crippen LogP contribution in [-0.2, 0) is 49.3 Å². The Morgan fingerprint density at radius 2 is 1.22 bits per heavy atom. The van der Waals surface area contributed by atoms with Crippen molar-refractivity contribution in [2.24, 2.45) is 34.0 Å². The summed E-state index contributed by atoms with van der Waals surface area (Å²) < 4.78 is 112. The maximum Gasteiger partial charge on any atom is 0.432 e. The molecule has 6 rings (SSSR count). The van der Waals surface area contributed by atoms with Gasteiger partial charge in [-0.2, -0.15) is 26.3 Å². The van der Waals surface area contributed by atoms with Gasteiger partial charge in [-0.05, 0) is 68.8 Å². The molecule has 4 aliphatic carbocycles. The average molecular weight is 781 g/mol. The molecular weight excluding hydrogens is 738 g/mol. The number of rotatable bonds is 9. The number of Topliss-reactive ketones (excluding diaryl/α,β-unsaturated/α-hetero) is 1. The fourth-order valence-electron chi connectivity index (χ4n) is 10.7. The predicted octanol–water partition coefficient (Wildman–Crippen LogP) is 7.47. The smallest absolute Gasteiger partial charge is 0.432 e. The standard InChI is InChI=1S/C40H42F6O9/c1-22-23-16-17-26-35(3)27(20-29(36(26,21-23)30(22)47)55-33(51)38(53-5,40(44,45)46)25-14-10-7-11-15-25)34(2,31(48)49)19-18-28(35)54-32(50)37(52-4,39(41,42)43)24-12-8-6-9-13-24/h6-15,23,26-29H,1,16-21H2,2-5H3,(H,48,49)/t23-,26+,27-,28+,29+,34-,35+,36-,37+,38+/m1/s1. The van der Waals surface area contributed by atoms with Crippen LogP contribution in [0.1, 0.15) is 63.5 Å². The van der Waals surface area contributed by atoms with Crippen molar-refractivity contribution in [1.29, 1.82) is 0 Å². The summed E-state index contributed by atoms with van der Waals surface area (Å²) in [6, 6.07) is 12.2. The molecule has 15 heteroatoms. The number of hydrogen-bond donors (Lipinski definition) is 1. The zero-order valence-electron chi connectivity index (χ0n) is 30.6. The number of allylic oxidation sites excluding steroid dienone is 1. The van der Waals surface area contributed by atoms with Gasteiger partial charge in [0.15, 0.2) is 5.78 Å². The first-order valence-electron chi connectivity index (χ1n) is 17.9. The van der Waals surface area contributed by atoms with Crippen LogP contribution in [-0.4, -0.2) is 67.6 Å². The van der Waals surface area contributed by atoms with Gasteiger partial charge in [0, 0.05) is 30.8 Å². The van der Waals surface area contributed by atoms with E-state index in [0.717, 1.165) is 24.3 Å². The summed E-state index contributed by atoms with van der Waals surface area (Å²) in [5.41, 5.74) is -13.3. The minimum atomic E-state index is -5.37. The molecule has 298 valence electrons. The van der Waals surface area contributed by atoms with Gasteiger partial charge in [-0.1, -0.05) is 74.2 Å². The van der Waals surface area contributed by atoms with Crippen LogP contribution >= 0.6 is 0 Å². The number of halogens is 6. The van der Waals surface area contributed by atoms with E-state index in [4.69, 9.17) is 18.9 Å². The molecule has 2 aromatic rings. The maximum absolute atomic E-state index is 15.1. The number of aliphatic carboxylic acids is 1. The second-order valence-corrected chi connectivity index (χ2v) is 15.6. The fraction of sp³-hybridized carbons (Fsp3) is 0.550. The predicted molar refractivity (Wildman–Crippen MR) is 181 cm³/mol. The number of ketones is 1. The van der Waals surface area contributed by atoms with Gasteiger partial charge in [0.25, 0.3) is 11.2 Å². The summed E-state index contributed by atoms with van der Waals surface area (Å²) in [7, 11) is 1.40. The minimum Gasteiger partial charge on any atom is -0.481 e. The maximum atomic E-state index is 15.1. The molecule has 4 saturated carbocycles. The molecule has 0 unspecified atom stereocenters. The highest BCUT2D eigenvalue weighted by molar-refractivity contribution is 6.04. The number of ether oxygens (including phenoxy) is 4. The molecule has 2 bridgehead atoms. The zero-order valence-corrected chi connectivity index (χ0v) is 30.6. The summed E-state index contributed by atoms with van der Waals surface area (Å²) in [6.45, 7) is 6.92. The van der Waals surface area contributed by atoms with E-state index >= 15 is 26.3 Å². The lowest BCUT2D eigenvalue weighted by atomic mass is 9.39. The lowest BCUT2D eigenvalue weighted by molar-refractivity contribution is -0.293. The molecule has 0 heterocycles. The van der Waals surface area contributed by atoms with Crippen LogP contribution < -0.4 is 0 Å². The largest absolute Gasteiger partial charge is 0.481 e. The third-order valence-corrected chi connectivity index (χ3v) is 13.5. The highest BCUT2D eigenvalue weighted by atomic mass is 19.4. The zero-order chi connectivity index (χ0) is 40.6. The first-order chi connectivity index (χ1) is 25.6. The second kappa shape index (κ2) is 13.5. The van der Waals surface area contributed by atoms with E-state index in [0.29, 0.717) is 20.6 Å². The van der Waals surface area contributed by atoms with Gasteiger partial charge in [0.2, 0.25) is 0 Å². The molecule has 1 spiro atoms. The summed E-state index contributed by atoms with van der Waals surface area (Å²) in [6.07, 6.45) is -14.4. The van der Waals surface area contributed by atoms with Crippen molar-refractivity contribution in [2.45, 2.75) is 88.1 Å². The van der Waals surface area contributed by atoms with Crippen molar-refractivity contribution >= 4 is 23.7 Å². The average Bonchev–Trinajstić information content (AvgIpc) is 3.31. The van der Waals surface area contributed by atoms with Gasteiger partial charge < -0.3 is 24.1 Å². The van der Waals surface area contributed by atoms with Crippen LogP contribution in [0.15, 0.2) is 72.8 Å². The third-order valence-electron chi connectivity index (χ3n) is 13.5. The number of fused-ring (bicyclic) bond motifs is 3. The minimum absolute atomic E-state index is 0.0358. The molecule has 9 nitrogen and oxygen atoms in total. The normalized spacial score (nSPS) is 34.0. The van der Waals surface area contributed by atoms with Crippen molar-refractivity contribution < 1.29 is 69.6 Å². The Bertz CT molecular complexity index is 1870. The molecule has 1 N–H and O–H groups in total. The van der Waals surface area contributed by atoms with E-state index in [9.17, 15) is 24.3 Å². The highest BCUT2D eigenvalue weighted by Crippen LogP contribution is 2.72. The fourth-order valence-corrected chi connectivity index (χ4v) is 10.7. The van der Waals surface area contributed by atoms with Crippen LogP contribution in [0.3, 0.4) is 0 Å². The van der Waals surface area contributed by atoms with E-state index in [2.05, 4.69) is 6.58 Å². The lowest BCUT2D eigenvalue weighted by Crippen LogP contribution is -2.70. The Kier molecular flexibility index (Phi) is 9.89. The molecule has 0 aromatic heterocycles. The van der Waals surface area contributed by atoms with E-state index < -0.39 is 111 Å². The highest BCUT2D eigenvalue weighted by Gasteiger charge is 2.76. The topological polar surface area (TPSA) is 125 Å². The van der Waals surface area contributed by atoms with Gasteiger partial charge in [-0.15, -0.1) is 0 Å². The molecule has 4 fully saturated rings. The van der Waals surface area contributed by atoms with Crippen LogP contribution in [0.2, 0.25) is 0 Å². The molecule has 0 amide bonds. The molecule has 0 aliphatic heterocycles. The number of benzene rings is 2. The quantitative estimate of drug-likeness (QED) is 0.157. The monoisotopic (exact) mass is 780 g/mol. The second-order valence-electron chi connectivity index (χ2n) is 15.6. The van der Waals surface area contributed by atoms with Gasteiger partial charge in [-0.3, -0.25) is 9.59 Å². The molecular formula is C40H42F6O9. The van der Waals surface area contributed by atoms with Crippen molar-refractivity contribution in [3.63, 3.8) is 0 Å². The number of carbonyl (C=O) groups is 4. The van der Waals surface area contributed by atoms with Gasteiger partial charge in [-0.25, -0.2) is 9.59 Å². The first-order valence-corrected chi connectivity index (χ1v) is 17.9. The molecule has 2 aromatic carbocycles. The Morgan fingerprint density at radius 3 is 1.65 bits per heavy atom. The summed E-state index contributed by atoms with van der Waals surface area (Å²) in [5.74, 6) is -8.34. The number of hydrogen-bond acceptors (Lipinski definition) is 8. The molecule has 0 radical (unpaired) electrons. The van der Waals surface area contributed by atoms with E-state index in [1.807, 2.05) is 0 Å². The summed E-state index contributed by atoms with van der Waals surface area (Å²) in [4.78, 5) is 56.0. The number of carbonyl (C=O) groups excluding carboxylic acids is 3. The van der Waals surface area contributed by atoms with Gasteiger partial charge in [0.05, 0.1) is 10.8 Å². The Balaban J connectivity index is 1.50. The van der Waals surface area contributed by atoms with Crippen LogP contribution in [0, 0.1) is 34.0 Å². The number of methoxy groups -OCH3 is 2.